The molecule has 0 radical (unpaired) electrons. The third kappa shape index (κ3) is 1.62. The van der Waals surface area contributed by atoms with Crippen LogP contribution in [0.3, 0.4) is 0 Å². The van der Waals surface area contributed by atoms with Gasteiger partial charge in [-0.25, -0.2) is 8.78 Å². The molecule has 0 aliphatic carbocycles. The van der Waals surface area contributed by atoms with E-state index in [0.29, 0.717) is 0 Å². The molecule has 0 bridgehead atoms. The third-order valence-corrected chi connectivity index (χ3v) is 2.97. The van der Waals surface area contributed by atoms with Crippen molar-refractivity contribution in [1.29, 1.82) is 0 Å². The van der Waals surface area contributed by atoms with Gasteiger partial charge in [0.25, 0.3) is 11.5 Å². The molecule has 3 nitrogen and oxygen atoms in total. The number of rotatable bonds is 1. The molecule has 1 aliphatic heterocycles. The summed E-state index contributed by atoms with van der Waals surface area (Å²) in [5, 5.41) is 12.0. The SMILES string of the molecule is O=C1C(c2ccccc2F)=[N+]([O-])c2cc(F)ccc21. The van der Waals surface area contributed by atoms with E-state index in [-0.39, 0.29) is 27.3 Å². The fourth-order valence-corrected chi connectivity index (χ4v) is 2.09. The molecule has 0 unspecified atom stereocenters. The van der Waals surface area contributed by atoms with Gasteiger partial charge in [0, 0.05) is 6.07 Å². The molecule has 0 atom stereocenters. The Bertz CT molecular complexity index is 738. The van der Waals surface area contributed by atoms with Crippen molar-refractivity contribution >= 4 is 17.2 Å². The maximum Gasteiger partial charge on any atom is 0.275 e. The predicted octanol–water partition coefficient (Wildman–Crippen LogP) is 2.79. The lowest BCUT2D eigenvalue weighted by molar-refractivity contribution is -0.355. The fraction of sp³-hybridized carbons (Fsp3) is 0. The molecule has 1 aliphatic rings. The van der Waals surface area contributed by atoms with Crippen LogP contribution >= 0.6 is 0 Å². The first-order valence-corrected chi connectivity index (χ1v) is 5.53. The normalized spacial score (nSPS) is 13.9. The smallest absolute Gasteiger partial charge is 0.275 e. The van der Waals surface area contributed by atoms with Crippen LogP contribution in [-0.4, -0.2) is 16.2 Å². The van der Waals surface area contributed by atoms with Crippen LogP contribution in [0.25, 0.3) is 0 Å². The Balaban J connectivity index is 2.25. The standard InChI is InChI=1S/C14H7F2NO2/c15-8-5-6-10-12(7-8)17(19)13(14(10)18)9-3-1-2-4-11(9)16/h1-7H. The van der Waals surface area contributed by atoms with Crippen LogP contribution in [-0.2, 0) is 0 Å². The van der Waals surface area contributed by atoms with Gasteiger partial charge >= 0.3 is 0 Å². The van der Waals surface area contributed by atoms with Crippen molar-refractivity contribution < 1.29 is 18.3 Å². The zero-order valence-electron chi connectivity index (χ0n) is 9.56. The lowest BCUT2D eigenvalue weighted by Gasteiger charge is -2.02. The number of fused-ring (bicyclic) bond motifs is 1. The molecule has 0 saturated carbocycles. The van der Waals surface area contributed by atoms with Gasteiger partial charge in [0.15, 0.2) is 0 Å². The number of nitrogens with zero attached hydrogens (tertiary/aromatic N) is 1. The summed E-state index contributed by atoms with van der Waals surface area (Å²) in [5.74, 6) is -1.89. The minimum atomic E-state index is -0.667. The lowest BCUT2D eigenvalue weighted by atomic mass is 10.0. The summed E-state index contributed by atoms with van der Waals surface area (Å²) in [6.07, 6.45) is 0. The Labute approximate surface area is 107 Å². The molecule has 19 heavy (non-hydrogen) atoms. The highest BCUT2D eigenvalue weighted by Crippen LogP contribution is 2.29. The Morgan fingerprint density at radius 3 is 2.47 bits per heavy atom. The first kappa shape index (κ1) is 11.5. The second-order valence-corrected chi connectivity index (χ2v) is 4.11. The van der Waals surface area contributed by atoms with E-state index in [2.05, 4.69) is 0 Å². The van der Waals surface area contributed by atoms with E-state index in [1.165, 1.54) is 24.3 Å². The number of halogens is 2. The van der Waals surface area contributed by atoms with Crippen molar-refractivity contribution in [1.82, 2.24) is 0 Å². The van der Waals surface area contributed by atoms with Crippen molar-refractivity contribution in [3.63, 3.8) is 0 Å². The van der Waals surface area contributed by atoms with Crippen molar-refractivity contribution in [3.8, 4) is 0 Å². The Morgan fingerprint density at radius 1 is 1.00 bits per heavy atom. The Hall–Kier alpha value is -2.56. The molecular formula is C14H7F2NO2. The monoisotopic (exact) mass is 259 g/mol. The molecular weight excluding hydrogens is 252 g/mol. The van der Waals surface area contributed by atoms with Crippen molar-refractivity contribution in [2.24, 2.45) is 0 Å². The van der Waals surface area contributed by atoms with Gasteiger partial charge in [-0.05, 0) is 24.3 Å². The van der Waals surface area contributed by atoms with Gasteiger partial charge in [0.05, 0.1) is 5.56 Å². The summed E-state index contributed by atoms with van der Waals surface area (Å²) < 4.78 is 27.1. The van der Waals surface area contributed by atoms with E-state index in [0.717, 1.165) is 18.2 Å². The van der Waals surface area contributed by atoms with Gasteiger partial charge < -0.3 is 5.21 Å². The van der Waals surface area contributed by atoms with Crippen LogP contribution in [0.5, 0.6) is 0 Å². The molecule has 0 fully saturated rings. The maximum atomic E-state index is 13.7. The fourth-order valence-electron chi connectivity index (χ4n) is 2.09. The quantitative estimate of drug-likeness (QED) is 0.583. The summed E-state index contributed by atoms with van der Waals surface area (Å²) >= 11 is 0. The van der Waals surface area contributed by atoms with E-state index >= 15 is 0 Å². The molecule has 0 amide bonds. The van der Waals surface area contributed by atoms with Gasteiger partial charge in [-0.1, -0.05) is 12.1 Å². The molecule has 0 aromatic heterocycles. The van der Waals surface area contributed by atoms with E-state index in [1.54, 1.807) is 0 Å². The highest BCUT2D eigenvalue weighted by atomic mass is 19.1. The van der Waals surface area contributed by atoms with E-state index in [9.17, 15) is 18.8 Å². The molecule has 2 aromatic carbocycles. The third-order valence-electron chi connectivity index (χ3n) is 2.97. The Kier molecular flexibility index (Phi) is 2.41. The van der Waals surface area contributed by atoms with Crippen LogP contribution in [0.2, 0.25) is 0 Å². The highest BCUT2D eigenvalue weighted by molar-refractivity contribution is 6.52. The predicted molar refractivity (Wildman–Crippen MR) is 64.5 cm³/mol. The van der Waals surface area contributed by atoms with E-state index < -0.39 is 17.4 Å². The van der Waals surface area contributed by atoms with Crippen LogP contribution < -0.4 is 0 Å². The summed E-state index contributed by atoms with van der Waals surface area (Å²) in [6.45, 7) is 0. The number of ketones is 1. The first-order chi connectivity index (χ1) is 9.09. The van der Waals surface area contributed by atoms with Gasteiger partial charge in [-0.3, -0.25) is 4.79 Å². The summed E-state index contributed by atoms with van der Waals surface area (Å²) in [4.78, 5) is 12.1. The molecule has 5 heteroatoms. The van der Waals surface area contributed by atoms with Crippen LogP contribution in [0, 0.1) is 16.8 Å². The molecule has 0 N–H and O–H groups in total. The van der Waals surface area contributed by atoms with E-state index in [1.807, 2.05) is 0 Å². The zero-order valence-corrected chi connectivity index (χ0v) is 9.56. The molecule has 3 rings (SSSR count). The lowest BCUT2D eigenvalue weighted by Crippen LogP contribution is -2.18. The first-order valence-electron chi connectivity index (χ1n) is 5.53. The summed E-state index contributed by atoms with van der Waals surface area (Å²) in [6, 6.07) is 8.77. The molecule has 2 aromatic rings. The van der Waals surface area contributed by atoms with Crippen molar-refractivity contribution in [3.05, 3.63) is 70.4 Å². The number of Topliss-reactive ketones (excluding diaryl/α,β-unsaturated/α-hetero) is 1. The van der Waals surface area contributed by atoms with Gasteiger partial charge in [0.2, 0.25) is 5.69 Å². The minimum absolute atomic E-state index is 0.0784. The van der Waals surface area contributed by atoms with E-state index in [4.69, 9.17) is 0 Å². The summed E-state index contributed by atoms with van der Waals surface area (Å²) in [7, 11) is 0. The molecule has 0 spiro atoms. The van der Waals surface area contributed by atoms with Crippen molar-refractivity contribution in [2.75, 3.05) is 0 Å². The number of benzene rings is 2. The number of carbonyl (C=O) groups is 1. The van der Waals surface area contributed by atoms with Crippen LogP contribution in [0.1, 0.15) is 15.9 Å². The average Bonchev–Trinajstić information content (AvgIpc) is 2.63. The summed E-state index contributed by atoms with van der Waals surface area (Å²) in [5.41, 5.74) is -0.421. The largest absolute Gasteiger partial charge is 0.618 e. The molecule has 0 saturated heterocycles. The number of carbonyl (C=O) groups excluding carboxylic acids is 1. The maximum absolute atomic E-state index is 13.7. The topological polar surface area (TPSA) is 43.1 Å². The average molecular weight is 259 g/mol. The van der Waals surface area contributed by atoms with Gasteiger partial charge in [-0.2, -0.15) is 4.74 Å². The number of hydrogen-bond acceptors (Lipinski definition) is 2. The zero-order chi connectivity index (χ0) is 13.6. The van der Waals surface area contributed by atoms with Gasteiger partial charge in [-0.15, -0.1) is 0 Å². The molecule has 94 valence electrons. The minimum Gasteiger partial charge on any atom is -0.618 e. The van der Waals surface area contributed by atoms with Crippen LogP contribution in [0.4, 0.5) is 14.5 Å². The Morgan fingerprint density at radius 2 is 1.74 bits per heavy atom. The second-order valence-electron chi connectivity index (χ2n) is 4.11. The van der Waals surface area contributed by atoms with Crippen LogP contribution in [0.15, 0.2) is 42.5 Å². The van der Waals surface area contributed by atoms with Gasteiger partial charge in [0.1, 0.15) is 17.2 Å². The molecule has 1 heterocycles. The highest BCUT2D eigenvalue weighted by Gasteiger charge is 2.38. The van der Waals surface area contributed by atoms with Crippen molar-refractivity contribution in [2.45, 2.75) is 0 Å². The number of hydrogen-bond donors (Lipinski definition) is 0. The second kappa shape index (κ2) is 3.98.